The van der Waals surface area contributed by atoms with Gasteiger partial charge in [0.05, 0.1) is 12.8 Å². The number of H-pyrrole nitrogens is 1. The predicted octanol–water partition coefficient (Wildman–Crippen LogP) is -1.35. The van der Waals surface area contributed by atoms with Gasteiger partial charge in [0.2, 0.25) is 0 Å². The molecule has 0 aromatic carbocycles. The zero-order valence-electron chi connectivity index (χ0n) is 8.30. The summed E-state index contributed by atoms with van der Waals surface area (Å²) in [6, 6.07) is -1.97. The highest BCUT2D eigenvalue weighted by Gasteiger charge is 2.18. The van der Waals surface area contributed by atoms with Crippen LogP contribution in [0.25, 0.3) is 0 Å². The van der Waals surface area contributed by atoms with Crippen LogP contribution < -0.4 is 10.6 Å². The molecule has 0 aliphatic heterocycles. The van der Waals surface area contributed by atoms with Crippen LogP contribution in [0.1, 0.15) is 5.56 Å². The number of amides is 2. The first kappa shape index (κ1) is 12.0. The van der Waals surface area contributed by atoms with Gasteiger partial charge in [-0.3, -0.25) is 5.10 Å². The highest BCUT2D eigenvalue weighted by atomic mass is 16.4. The lowest BCUT2D eigenvalue weighted by molar-refractivity contribution is -0.140. The summed E-state index contributed by atoms with van der Waals surface area (Å²) in [5, 5.41) is 28.0. The van der Waals surface area contributed by atoms with Gasteiger partial charge in [0.15, 0.2) is 6.04 Å². The quantitative estimate of drug-likeness (QED) is 0.426. The summed E-state index contributed by atoms with van der Waals surface area (Å²) in [6.45, 7) is -0.436. The van der Waals surface area contributed by atoms with Crippen LogP contribution in [-0.4, -0.2) is 45.1 Å². The Kier molecular flexibility index (Phi) is 4.28. The molecule has 8 heteroatoms. The van der Waals surface area contributed by atoms with Gasteiger partial charge in [-0.2, -0.15) is 5.10 Å². The van der Waals surface area contributed by atoms with Gasteiger partial charge in [-0.15, -0.1) is 0 Å². The van der Waals surface area contributed by atoms with E-state index in [4.69, 9.17) is 10.2 Å². The standard InChI is InChI=1S/C8H12N4O4/c13-4-6(7(14)15)12-8(16)9-1-5-2-10-11-3-5/h2-3,6,13H,1,4H2,(H,10,11)(H,14,15)(H2,9,12,16)/t6-/m1/s1. The van der Waals surface area contributed by atoms with E-state index in [0.29, 0.717) is 0 Å². The van der Waals surface area contributed by atoms with Crippen molar-refractivity contribution in [3.8, 4) is 0 Å². The Labute approximate surface area is 90.7 Å². The summed E-state index contributed by atoms with van der Waals surface area (Å²) in [5.74, 6) is -1.29. The number of aliphatic hydroxyl groups excluding tert-OH is 1. The van der Waals surface area contributed by atoms with E-state index in [1.54, 1.807) is 6.20 Å². The number of nitrogens with zero attached hydrogens (tertiary/aromatic N) is 1. The molecule has 1 heterocycles. The fourth-order valence-electron chi connectivity index (χ4n) is 0.951. The Bertz CT molecular complexity index is 351. The van der Waals surface area contributed by atoms with Crippen molar-refractivity contribution in [2.45, 2.75) is 12.6 Å². The maximum absolute atomic E-state index is 11.2. The van der Waals surface area contributed by atoms with Crippen molar-refractivity contribution in [2.24, 2.45) is 0 Å². The lowest BCUT2D eigenvalue weighted by atomic mass is 10.3. The maximum atomic E-state index is 11.2. The minimum absolute atomic E-state index is 0.222. The Morgan fingerprint density at radius 2 is 2.31 bits per heavy atom. The van der Waals surface area contributed by atoms with Crippen LogP contribution in [0.5, 0.6) is 0 Å². The minimum Gasteiger partial charge on any atom is -0.480 e. The van der Waals surface area contributed by atoms with Gasteiger partial charge >= 0.3 is 12.0 Å². The molecule has 0 spiro atoms. The molecule has 8 nitrogen and oxygen atoms in total. The van der Waals surface area contributed by atoms with Gasteiger partial charge in [-0.25, -0.2) is 9.59 Å². The SMILES string of the molecule is O=C(NCc1cn[nH]c1)N[C@H](CO)C(=O)O. The number of rotatable bonds is 5. The molecule has 0 aliphatic carbocycles. The van der Waals surface area contributed by atoms with Crippen molar-refractivity contribution < 1.29 is 19.8 Å². The van der Waals surface area contributed by atoms with E-state index in [0.717, 1.165) is 5.56 Å². The van der Waals surface area contributed by atoms with Crippen LogP contribution in [0.3, 0.4) is 0 Å². The Morgan fingerprint density at radius 3 is 2.81 bits per heavy atom. The molecule has 0 bridgehead atoms. The summed E-state index contributed by atoms with van der Waals surface area (Å²) in [5.41, 5.74) is 0.756. The van der Waals surface area contributed by atoms with Gasteiger partial charge < -0.3 is 20.8 Å². The van der Waals surface area contributed by atoms with Crippen LogP contribution in [0.2, 0.25) is 0 Å². The maximum Gasteiger partial charge on any atom is 0.328 e. The van der Waals surface area contributed by atoms with E-state index >= 15 is 0 Å². The Balaban J connectivity index is 2.33. The predicted molar refractivity (Wildman–Crippen MR) is 52.5 cm³/mol. The Morgan fingerprint density at radius 1 is 1.56 bits per heavy atom. The minimum atomic E-state index is -1.30. The molecule has 1 atom stereocenters. The van der Waals surface area contributed by atoms with Crippen LogP contribution in [0.15, 0.2) is 12.4 Å². The molecular formula is C8H12N4O4. The molecule has 1 aromatic heterocycles. The number of aromatic amines is 1. The van der Waals surface area contributed by atoms with Gasteiger partial charge in [0.1, 0.15) is 0 Å². The van der Waals surface area contributed by atoms with Crippen LogP contribution in [-0.2, 0) is 11.3 Å². The van der Waals surface area contributed by atoms with Crippen LogP contribution >= 0.6 is 0 Å². The van der Waals surface area contributed by atoms with Crippen molar-refractivity contribution in [3.05, 3.63) is 18.0 Å². The smallest absolute Gasteiger partial charge is 0.328 e. The van der Waals surface area contributed by atoms with E-state index in [1.165, 1.54) is 6.20 Å². The molecule has 0 saturated heterocycles. The van der Waals surface area contributed by atoms with E-state index in [9.17, 15) is 9.59 Å². The van der Waals surface area contributed by atoms with E-state index in [1.807, 2.05) is 0 Å². The first-order valence-electron chi connectivity index (χ1n) is 4.49. The number of hydrogen-bond donors (Lipinski definition) is 5. The number of aliphatic hydroxyl groups is 1. The molecule has 16 heavy (non-hydrogen) atoms. The number of carboxylic acid groups (broad SMARTS) is 1. The summed E-state index contributed by atoms with van der Waals surface area (Å²) >= 11 is 0. The van der Waals surface area contributed by atoms with E-state index < -0.39 is 24.6 Å². The summed E-state index contributed by atoms with van der Waals surface area (Å²) in [7, 11) is 0. The van der Waals surface area contributed by atoms with Gasteiger partial charge in [0.25, 0.3) is 0 Å². The molecule has 5 N–H and O–H groups in total. The fraction of sp³-hybridized carbons (Fsp3) is 0.375. The van der Waals surface area contributed by atoms with E-state index in [2.05, 4.69) is 20.8 Å². The normalized spacial score (nSPS) is 11.8. The number of aliphatic carboxylic acids is 1. The number of carbonyl (C=O) groups excluding carboxylic acids is 1. The fourth-order valence-corrected chi connectivity index (χ4v) is 0.951. The number of carbonyl (C=O) groups is 2. The zero-order valence-corrected chi connectivity index (χ0v) is 8.30. The zero-order chi connectivity index (χ0) is 12.0. The van der Waals surface area contributed by atoms with Crippen molar-refractivity contribution in [3.63, 3.8) is 0 Å². The molecule has 0 radical (unpaired) electrons. The molecule has 0 unspecified atom stereocenters. The number of aromatic nitrogens is 2. The van der Waals surface area contributed by atoms with E-state index in [-0.39, 0.29) is 6.54 Å². The number of nitrogens with one attached hydrogen (secondary N) is 3. The molecular weight excluding hydrogens is 216 g/mol. The number of carboxylic acids is 1. The lowest BCUT2D eigenvalue weighted by Gasteiger charge is -2.11. The monoisotopic (exact) mass is 228 g/mol. The molecule has 2 amide bonds. The van der Waals surface area contributed by atoms with Crippen molar-refractivity contribution in [1.29, 1.82) is 0 Å². The van der Waals surface area contributed by atoms with Crippen molar-refractivity contribution in [2.75, 3.05) is 6.61 Å². The first-order valence-corrected chi connectivity index (χ1v) is 4.49. The van der Waals surface area contributed by atoms with Gasteiger partial charge in [0, 0.05) is 18.3 Å². The number of urea groups is 1. The largest absolute Gasteiger partial charge is 0.480 e. The second-order valence-corrected chi connectivity index (χ2v) is 3.01. The number of hydrogen-bond acceptors (Lipinski definition) is 4. The lowest BCUT2D eigenvalue weighted by Crippen LogP contribution is -2.47. The van der Waals surface area contributed by atoms with Crippen molar-refractivity contribution in [1.82, 2.24) is 20.8 Å². The van der Waals surface area contributed by atoms with Crippen LogP contribution in [0.4, 0.5) is 4.79 Å². The summed E-state index contributed by atoms with van der Waals surface area (Å²) in [4.78, 5) is 21.7. The average molecular weight is 228 g/mol. The molecule has 1 aromatic rings. The third-order valence-electron chi connectivity index (χ3n) is 1.79. The topological polar surface area (TPSA) is 127 Å². The second kappa shape index (κ2) is 5.71. The molecule has 88 valence electrons. The third kappa shape index (κ3) is 3.58. The van der Waals surface area contributed by atoms with Gasteiger partial charge in [-0.1, -0.05) is 0 Å². The Hall–Kier alpha value is -2.09. The molecule has 1 rings (SSSR count). The van der Waals surface area contributed by atoms with Gasteiger partial charge in [-0.05, 0) is 0 Å². The molecule has 0 saturated carbocycles. The molecule has 0 aliphatic rings. The summed E-state index contributed by atoms with van der Waals surface area (Å²) in [6.07, 6.45) is 3.13. The van der Waals surface area contributed by atoms with Crippen molar-refractivity contribution >= 4 is 12.0 Å². The third-order valence-corrected chi connectivity index (χ3v) is 1.79. The first-order chi connectivity index (χ1) is 7.63. The summed E-state index contributed by atoms with van der Waals surface area (Å²) < 4.78 is 0. The van der Waals surface area contributed by atoms with Crippen LogP contribution in [0, 0.1) is 0 Å². The average Bonchev–Trinajstić information content (AvgIpc) is 2.75. The highest BCUT2D eigenvalue weighted by Crippen LogP contribution is 1.91. The highest BCUT2D eigenvalue weighted by molar-refractivity contribution is 5.82. The second-order valence-electron chi connectivity index (χ2n) is 3.01. The molecule has 0 fully saturated rings.